The summed E-state index contributed by atoms with van der Waals surface area (Å²) in [5.74, 6) is -0.926. The molecule has 1 aromatic carbocycles. The topological polar surface area (TPSA) is 90.0 Å². The highest BCUT2D eigenvalue weighted by atomic mass is 16.1. The van der Waals surface area contributed by atoms with Gasteiger partial charge in [-0.3, -0.25) is 14.6 Å². The zero-order valence-corrected chi connectivity index (χ0v) is 16.4. The number of nitrogens with one attached hydrogen (secondary N) is 1. The first-order chi connectivity index (χ1) is 14.1. The molecule has 3 N–H and O–H groups in total. The van der Waals surface area contributed by atoms with Crippen LogP contribution in [0.1, 0.15) is 35.8 Å². The summed E-state index contributed by atoms with van der Waals surface area (Å²) in [5.41, 5.74) is 10.7. The number of aromatic nitrogens is 2. The van der Waals surface area contributed by atoms with E-state index in [0.717, 1.165) is 41.3 Å². The van der Waals surface area contributed by atoms with E-state index in [-0.39, 0.29) is 12.2 Å². The average Bonchev–Trinajstić information content (AvgIpc) is 3.03. The van der Waals surface area contributed by atoms with Crippen molar-refractivity contribution in [3.05, 3.63) is 66.1 Å². The Bertz CT molecular complexity index is 1040. The number of anilines is 2. The van der Waals surface area contributed by atoms with Crippen LogP contribution in [-0.2, 0) is 17.8 Å². The molecule has 1 amide bonds. The first-order valence-electron chi connectivity index (χ1n) is 9.90. The Balaban J connectivity index is 1.96. The molecular formula is C23H24N4O2. The number of ketones is 1. The van der Waals surface area contributed by atoms with E-state index in [2.05, 4.69) is 21.8 Å². The van der Waals surface area contributed by atoms with Crippen LogP contribution >= 0.6 is 0 Å². The molecule has 4 rings (SSSR count). The number of benzene rings is 1. The number of Topliss-reactive ketones (excluding diaryl/α,β-unsaturated/α-hetero) is 1. The van der Waals surface area contributed by atoms with E-state index in [0.29, 0.717) is 12.0 Å². The minimum atomic E-state index is -0.463. The molecule has 2 aromatic heterocycles. The molecule has 0 fully saturated rings. The molecule has 1 atom stereocenters. The third-order valence-corrected chi connectivity index (χ3v) is 5.37. The Labute approximate surface area is 169 Å². The number of nitrogens with zero attached hydrogens (tertiary/aromatic N) is 2. The van der Waals surface area contributed by atoms with Gasteiger partial charge in [0.1, 0.15) is 0 Å². The van der Waals surface area contributed by atoms with Gasteiger partial charge in [-0.25, -0.2) is 0 Å². The summed E-state index contributed by atoms with van der Waals surface area (Å²) >= 11 is 0. The van der Waals surface area contributed by atoms with Crippen molar-refractivity contribution in [3.63, 3.8) is 0 Å². The Morgan fingerprint density at radius 3 is 2.55 bits per heavy atom. The number of primary amides is 1. The number of nitrogens with two attached hydrogens (primary N) is 1. The van der Waals surface area contributed by atoms with Gasteiger partial charge < -0.3 is 15.6 Å². The van der Waals surface area contributed by atoms with E-state index in [9.17, 15) is 9.59 Å². The van der Waals surface area contributed by atoms with Crippen molar-refractivity contribution in [2.75, 3.05) is 5.32 Å². The summed E-state index contributed by atoms with van der Waals surface area (Å²) in [6, 6.07) is 13.7. The molecule has 1 aliphatic rings. The average molecular weight is 388 g/mol. The van der Waals surface area contributed by atoms with E-state index in [1.807, 2.05) is 42.5 Å². The standard InChI is InChI=1S/C23H24N4O2/c1-2-12-27-18-13-16(23(24)29)14-19(28)20(18)21(26-17-6-4-3-5-7-17)22(27)15-8-10-25-11-9-15/h3-11,16,26H,2,12-14H2,1H3,(H2,24,29). The molecule has 0 bridgehead atoms. The minimum Gasteiger partial charge on any atom is -0.369 e. The van der Waals surface area contributed by atoms with Crippen molar-refractivity contribution in [2.45, 2.75) is 32.7 Å². The number of carbonyl (C=O) groups excluding carboxylic acids is 2. The summed E-state index contributed by atoms with van der Waals surface area (Å²) in [5, 5.41) is 3.47. The van der Waals surface area contributed by atoms with Crippen molar-refractivity contribution in [2.24, 2.45) is 11.7 Å². The second-order valence-electron chi connectivity index (χ2n) is 7.35. The molecule has 2 heterocycles. The van der Waals surface area contributed by atoms with Gasteiger partial charge in [0.2, 0.25) is 5.91 Å². The highest BCUT2D eigenvalue weighted by Gasteiger charge is 2.36. The monoisotopic (exact) mass is 388 g/mol. The second-order valence-corrected chi connectivity index (χ2v) is 7.35. The molecule has 0 spiro atoms. The van der Waals surface area contributed by atoms with Gasteiger partial charge in [-0.05, 0) is 30.7 Å². The molecule has 0 saturated heterocycles. The molecule has 3 aromatic rings. The molecule has 148 valence electrons. The Kier molecular flexibility index (Phi) is 5.16. The number of para-hydroxylation sites is 1. The summed E-state index contributed by atoms with van der Waals surface area (Å²) in [4.78, 5) is 29.1. The molecule has 6 heteroatoms. The van der Waals surface area contributed by atoms with Gasteiger partial charge in [-0.15, -0.1) is 0 Å². The van der Waals surface area contributed by atoms with Gasteiger partial charge in [0.15, 0.2) is 5.78 Å². The van der Waals surface area contributed by atoms with E-state index in [4.69, 9.17) is 5.73 Å². The number of fused-ring (bicyclic) bond motifs is 1. The fraction of sp³-hybridized carbons (Fsp3) is 0.261. The van der Waals surface area contributed by atoms with E-state index >= 15 is 0 Å². The maximum Gasteiger partial charge on any atom is 0.221 e. The maximum absolute atomic E-state index is 13.1. The summed E-state index contributed by atoms with van der Waals surface area (Å²) in [6.07, 6.45) is 5.03. The van der Waals surface area contributed by atoms with E-state index in [1.165, 1.54) is 0 Å². The Morgan fingerprint density at radius 2 is 1.90 bits per heavy atom. The third-order valence-electron chi connectivity index (χ3n) is 5.37. The normalized spacial score (nSPS) is 15.8. The van der Waals surface area contributed by atoms with Crippen LogP contribution in [0.25, 0.3) is 11.3 Å². The van der Waals surface area contributed by atoms with Gasteiger partial charge in [0.25, 0.3) is 0 Å². The quantitative estimate of drug-likeness (QED) is 0.669. The number of rotatable bonds is 6. The lowest BCUT2D eigenvalue weighted by molar-refractivity contribution is -0.121. The highest BCUT2D eigenvalue weighted by molar-refractivity contribution is 6.09. The zero-order valence-electron chi connectivity index (χ0n) is 16.4. The first-order valence-corrected chi connectivity index (χ1v) is 9.90. The van der Waals surface area contributed by atoms with Crippen LogP contribution < -0.4 is 11.1 Å². The predicted molar refractivity (Wildman–Crippen MR) is 113 cm³/mol. The molecule has 29 heavy (non-hydrogen) atoms. The fourth-order valence-electron chi connectivity index (χ4n) is 4.08. The molecular weight excluding hydrogens is 364 g/mol. The van der Waals surface area contributed by atoms with Crippen LogP contribution in [0.3, 0.4) is 0 Å². The summed E-state index contributed by atoms with van der Waals surface area (Å²) in [7, 11) is 0. The second kappa shape index (κ2) is 7.91. The van der Waals surface area contributed by atoms with Gasteiger partial charge in [-0.2, -0.15) is 0 Å². The fourth-order valence-corrected chi connectivity index (χ4v) is 4.08. The van der Waals surface area contributed by atoms with Crippen LogP contribution in [0.2, 0.25) is 0 Å². The number of amides is 1. The molecule has 0 radical (unpaired) electrons. The Hall–Kier alpha value is -3.41. The lowest BCUT2D eigenvalue weighted by Gasteiger charge is -2.21. The first kappa shape index (κ1) is 18.9. The van der Waals surface area contributed by atoms with Crippen LogP contribution in [0.5, 0.6) is 0 Å². The van der Waals surface area contributed by atoms with Crippen LogP contribution in [-0.4, -0.2) is 21.2 Å². The molecule has 1 aliphatic carbocycles. The predicted octanol–water partition coefficient (Wildman–Crippen LogP) is 3.93. The summed E-state index contributed by atoms with van der Waals surface area (Å²) in [6.45, 7) is 2.85. The molecule has 0 aliphatic heterocycles. The smallest absolute Gasteiger partial charge is 0.221 e. The minimum absolute atomic E-state index is 0.0429. The van der Waals surface area contributed by atoms with Crippen LogP contribution in [0, 0.1) is 5.92 Å². The Morgan fingerprint density at radius 1 is 1.17 bits per heavy atom. The van der Waals surface area contributed by atoms with Crippen LogP contribution in [0.15, 0.2) is 54.9 Å². The van der Waals surface area contributed by atoms with Gasteiger partial charge in [-0.1, -0.05) is 25.1 Å². The maximum atomic E-state index is 13.1. The lowest BCUT2D eigenvalue weighted by Crippen LogP contribution is -2.32. The molecule has 1 unspecified atom stereocenters. The number of hydrogen-bond donors (Lipinski definition) is 2. The van der Waals surface area contributed by atoms with Crippen molar-refractivity contribution in [1.82, 2.24) is 9.55 Å². The largest absolute Gasteiger partial charge is 0.369 e. The van der Waals surface area contributed by atoms with Gasteiger partial charge in [0, 0.05) is 48.7 Å². The number of pyridine rings is 1. The molecule has 6 nitrogen and oxygen atoms in total. The van der Waals surface area contributed by atoms with Crippen molar-refractivity contribution < 1.29 is 9.59 Å². The molecule has 0 saturated carbocycles. The highest BCUT2D eigenvalue weighted by Crippen LogP contribution is 2.42. The third kappa shape index (κ3) is 3.53. The zero-order chi connectivity index (χ0) is 20.4. The summed E-state index contributed by atoms with van der Waals surface area (Å²) < 4.78 is 2.17. The van der Waals surface area contributed by atoms with E-state index in [1.54, 1.807) is 12.4 Å². The lowest BCUT2D eigenvalue weighted by atomic mass is 9.85. The SMILES string of the molecule is CCCn1c2c(c(Nc3ccccc3)c1-c1ccncc1)C(=O)CC(C(N)=O)C2. The van der Waals surface area contributed by atoms with E-state index < -0.39 is 11.8 Å². The number of carbonyl (C=O) groups is 2. The van der Waals surface area contributed by atoms with Crippen molar-refractivity contribution in [3.8, 4) is 11.3 Å². The van der Waals surface area contributed by atoms with Crippen molar-refractivity contribution >= 4 is 23.1 Å². The van der Waals surface area contributed by atoms with Gasteiger partial charge >= 0.3 is 0 Å². The van der Waals surface area contributed by atoms with Gasteiger partial charge in [0.05, 0.1) is 22.9 Å². The van der Waals surface area contributed by atoms with Crippen molar-refractivity contribution in [1.29, 1.82) is 0 Å². The number of hydrogen-bond acceptors (Lipinski definition) is 4. The van der Waals surface area contributed by atoms with Crippen LogP contribution in [0.4, 0.5) is 11.4 Å².